The molecule has 0 aromatic rings. The van der Waals surface area contributed by atoms with Gasteiger partial charge in [0.05, 0.1) is 5.84 Å². The zero-order chi connectivity index (χ0) is 9.54. The van der Waals surface area contributed by atoms with Gasteiger partial charge in [0.1, 0.15) is 0 Å². The third kappa shape index (κ3) is 1.67. The van der Waals surface area contributed by atoms with Crippen molar-refractivity contribution in [3.63, 3.8) is 0 Å². The zero-order valence-corrected chi connectivity index (χ0v) is 9.00. The lowest BCUT2D eigenvalue weighted by Crippen LogP contribution is -2.39. The van der Waals surface area contributed by atoms with E-state index in [-0.39, 0.29) is 0 Å². The monoisotopic (exact) mass is 192 g/mol. The first-order valence-electron chi connectivity index (χ1n) is 6.15. The van der Waals surface area contributed by atoms with Gasteiger partial charge >= 0.3 is 0 Å². The van der Waals surface area contributed by atoms with E-state index in [1.54, 1.807) is 0 Å². The summed E-state index contributed by atoms with van der Waals surface area (Å²) in [4.78, 5) is 4.58. The third-order valence-electron chi connectivity index (χ3n) is 3.89. The number of hydrogen-bond donors (Lipinski definition) is 1. The van der Waals surface area contributed by atoms with Crippen LogP contribution >= 0.6 is 0 Å². The first kappa shape index (κ1) is 8.75. The normalized spacial score (nSPS) is 32.1. The minimum Gasteiger partial charge on any atom is -0.370 e. The molecule has 3 aliphatic rings. The molecule has 2 heteroatoms. The second-order valence-corrected chi connectivity index (χ2v) is 5.30. The van der Waals surface area contributed by atoms with Gasteiger partial charge in [-0.3, -0.25) is 4.99 Å². The summed E-state index contributed by atoms with van der Waals surface area (Å²) in [6, 6.07) is 0.786. The maximum absolute atomic E-state index is 4.58. The molecule has 0 aromatic carbocycles. The number of nitrogens with zero attached hydrogens (tertiary/aromatic N) is 1. The highest BCUT2D eigenvalue weighted by molar-refractivity contribution is 5.86. The van der Waals surface area contributed by atoms with Crippen molar-refractivity contribution in [1.82, 2.24) is 5.32 Å². The summed E-state index contributed by atoms with van der Waals surface area (Å²) in [7, 11) is 0. The maximum Gasteiger partial charge on any atom is 0.0994 e. The molecule has 14 heavy (non-hydrogen) atoms. The quantitative estimate of drug-likeness (QED) is 0.728. The smallest absolute Gasteiger partial charge is 0.0994 e. The predicted molar refractivity (Wildman–Crippen MR) is 58.5 cm³/mol. The summed E-state index contributed by atoms with van der Waals surface area (Å²) >= 11 is 0. The van der Waals surface area contributed by atoms with Crippen molar-refractivity contribution in [1.29, 1.82) is 0 Å². The summed E-state index contributed by atoms with van der Waals surface area (Å²) in [5.41, 5.74) is 0. The molecule has 0 radical (unpaired) electrons. The average Bonchev–Trinajstić information content (AvgIpc) is 3.05. The Morgan fingerprint density at radius 1 is 1.14 bits per heavy atom. The van der Waals surface area contributed by atoms with E-state index in [1.807, 2.05) is 0 Å². The third-order valence-corrected chi connectivity index (χ3v) is 3.89. The van der Waals surface area contributed by atoms with Crippen molar-refractivity contribution in [2.45, 2.75) is 45.1 Å². The molecular formula is C12H20N2. The first-order chi connectivity index (χ1) is 6.84. The number of amidine groups is 1. The van der Waals surface area contributed by atoms with Crippen molar-refractivity contribution in [2.75, 3.05) is 6.54 Å². The first-order valence-corrected chi connectivity index (χ1v) is 6.15. The van der Waals surface area contributed by atoms with Gasteiger partial charge in [-0.2, -0.15) is 0 Å². The average molecular weight is 192 g/mol. The van der Waals surface area contributed by atoms with Crippen molar-refractivity contribution in [3.05, 3.63) is 0 Å². The van der Waals surface area contributed by atoms with Crippen molar-refractivity contribution >= 4 is 5.84 Å². The van der Waals surface area contributed by atoms with Crippen LogP contribution in [0.1, 0.15) is 39.0 Å². The summed E-state index contributed by atoms with van der Waals surface area (Å²) in [6.45, 7) is 3.35. The van der Waals surface area contributed by atoms with Crippen LogP contribution in [0.5, 0.6) is 0 Å². The van der Waals surface area contributed by atoms with E-state index in [2.05, 4.69) is 17.2 Å². The fraction of sp³-hybridized carbons (Fsp3) is 0.917. The molecule has 2 aliphatic carbocycles. The topological polar surface area (TPSA) is 24.4 Å². The van der Waals surface area contributed by atoms with Gasteiger partial charge < -0.3 is 5.32 Å². The van der Waals surface area contributed by atoms with Gasteiger partial charge in [-0.25, -0.2) is 0 Å². The Bertz CT molecular complexity index is 239. The molecule has 0 spiro atoms. The standard InChI is InChI=1S/C12H20N2/c1-8-6-7-13-12(8)14-11(9-2-3-9)10-4-5-10/h8-11H,2-7H2,1H3,(H,13,14). The zero-order valence-electron chi connectivity index (χ0n) is 9.00. The number of nitrogens with one attached hydrogen (secondary N) is 1. The van der Waals surface area contributed by atoms with Crippen LogP contribution in [0.25, 0.3) is 0 Å². The Balaban J connectivity index is 1.63. The Labute approximate surface area is 86.2 Å². The van der Waals surface area contributed by atoms with Crippen LogP contribution in [0.3, 0.4) is 0 Å². The van der Waals surface area contributed by atoms with E-state index in [9.17, 15) is 0 Å². The molecule has 1 atom stereocenters. The Morgan fingerprint density at radius 2 is 1.79 bits per heavy atom. The van der Waals surface area contributed by atoms with Crippen molar-refractivity contribution in [2.24, 2.45) is 22.7 Å². The Hall–Kier alpha value is -0.530. The number of rotatable bonds is 3. The van der Waals surface area contributed by atoms with Gasteiger partial charge in [0.2, 0.25) is 0 Å². The lowest BCUT2D eigenvalue weighted by molar-refractivity contribution is 0.474. The summed E-state index contributed by atoms with van der Waals surface area (Å²) in [5.74, 6) is 3.97. The fourth-order valence-corrected chi connectivity index (χ4v) is 2.56. The van der Waals surface area contributed by atoms with Gasteiger partial charge in [-0.05, 0) is 43.9 Å². The highest BCUT2D eigenvalue weighted by Crippen LogP contribution is 2.44. The van der Waals surface area contributed by atoms with Crippen LogP contribution in [0.4, 0.5) is 0 Å². The van der Waals surface area contributed by atoms with Gasteiger partial charge in [-0.1, -0.05) is 6.92 Å². The fourth-order valence-electron chi connectivity index (χ4n) is 2.56. The highest BCUT2D eigenvalue weighted by atomic mass is 15.1. The number of aliphatic imine (C=N–C) groups is 1. The van der Waals surface area contributed by atoms with E-state index < -0.39 is 0 Å². The molecule has 2 nitrogen and oxygen atoms in total. The molecule has 0 amide bonds. The number of hydrogen-bond acceptors (Lipinski definition) is 2. The second kappa shape index (κ2) is 3.25. The minimum absolute atomic E-state index is 0.690. The molecule has 2 fully saturated rings. The Morgan fingerprint density at radius 3 is 2.21 bits per heavy atom. The van der Waals surface area contributed by atoms with Gasteiger partial charge in [0.15, 0.2) is 0 Å². The van der Waals surface area contributed by atoms with Crippen LogP contribution in [0.2, 0.25) is 0 Å². The van der Waals surface area contributed by atoms with Gasteiger partial charge in [0, 0.05) is 18.5 Å². The maximum atomic E-state index is 4.58. The molecule has 0 bridgehead atoms. The highest BCUT2D eigenvalue weighted by Gasteiger charge is 2.42. The molecule has 2 saturated carbocycles. The van der Waals surface area contributed by atoms with Gasteiger partial charge in [-0.15, -0.1) is 0 Å². The van der Waals surface area contributed by atoms with Crippen LogP contribution in [-0.4, -0.2) is 18.4 Å². The van der Waals surface area contributed by atoms with E-state index in [4.69, 9.17) is 0 Å². The summed E-state index contributed by atoms with van der Waals surface area (Å²) < 4.78 is 0. The van der Waals surface area contributed by atoms with E-state index in [1.165, 1.54) is 37.9 Å². The van der Waals surface area contributed by atoms with Crippen LogP contribution in [0.15, 0.2) is 4.99 Å². The molecule has 3 rings (SSSR count). The van der Waals surface area contributed by atoms with Crippen molar-refractivity contribution < 1.29 is 0 Å². The molecular weight excluding hydrogens is 172 g/mol. The molecule has 1 heterocycles. The SMILES string of the molecule is CC1CCN=C1NC(C1CC1)C1CC1. The molecule has 0 saturated heterocycles. The molecule has 1 N–H and O–H groups in total. The van der Waals surface area contributed by atoms with Crippen LogP contribution in [-0.2, 0) is 0 Å². The van der Waals surface area contributed by atoms with Crippen LogP contribution in [0, 0.1) is 17.8 Å². The molecule has 1 unspecified atom stereocenters. The summed E-state index contributed by atoms with van der Waals surface area (Å²) in [6.07, 6.45) is 7.07. The van der Waals surface area contributed by atoms with Crippen molar-refractivity contribution in [3.8, 4) is 0 Å². The summed E-state index contributed by atoms with van der Waals surface area (Å²) in [5, 5.41) is 3.74. The lowest BCUT2D eigenvalue weighted by atomic mass is 10.0. The minimum atomic E-state index is 0.690. The van der Waals surface area contributed by atoms with E-state index in [0.717, 1.165) is 24.4 Å². The van der Waals surface area contributed by atoms with Gasteiger partial charge in [0.25, 0.3) is 0 Å². The molecule has 0 aromatic heterocycles. The van der Waals surface area contributed by atoms with E-state index >= 15 is 0 Å². The largest absolute Gasteiger partial charge is 0.370 e. The predicted octanol–water partition coefficient (Wildman–Crippen LogP) is 2.20. The van der Waals surface area contributed by atoms with Crippen LogP contribution < -0.4 is 5.32 Å². The molecule has 1 aliphatic heterocycles. The second-order valence-electron chi connectivity index (χ2n) is 5.30. The molecule has 78 valence electrons. The van der Waals surface area contributed by atoms with E-state index in [0.29, 0.717) is 5.92 Å². The Kier molecular flexibility index (Phi) is 2.03. The lowest BCUT2D eigenvalue weighted by Gasteiger charge is -2.20.